The van der Waals surface area contributed by atoms with Crippen LogP contribution in [0.3, 0.4) is 0 Å². The molecule has 1 aliphatic rings. The van der Waals surface area contributed by atoms with Crippen LogP contribution < -0.4 is 5.32 Å². The Morgan fingerprint density at radius 1 is 1.53 bits per heavy atom. The van der Waals surface area contributed by atoms with Crippen LogP contribution in [-0.2, 0) is 12.8 Å². The van der Waals surface area contributed by atoms with Crippen LogP contribution in [-0.4, -0.2) is 42.6 Å². The summed E-state index contributed by atoms with van der Waals surface area (Å²) in [5, 5.41) is 3.15. The molecule has 1 aromatic heterocycles. The molecule has 19 heavy (non-hydrogen) atoms. The van der Waals surface area contributed by atoms with E-state index in [1.807, 2.05) is 13.2 Å². The van der Waals surface area contributed by atoms with Crippen LogP contribution in [0, 0.1) is 5.92 Å². The van der Waals surface area contributed by atoms with Crippen LogP contribution in [0.15, 0.2) is 10.6 Å². The fraction of sp³-hybridized carbons (Fsp3) is 0.800. The van der Waals surface area contributed by atoms with Crippen molar-refractivity contribution in [2.75, 3.05) is 26.7 Å². The maximum atomic E-state index is 5.83. The summed E-state index contributed by atoms with van der Waals surface area (Å²) in [5.41, 5.74) is 0. The van der Waals surface area contributed by atoms with Crippen molar-refractivity contribution in [1.29, 1.82) is 0 Å². The number of oxazole rings is 1. The molecule has 1 unspecified atom stereocenters. The van der Waals surface area contributed by atoms with Crippen LogP contribution in [0.1, 0.15) is 38.3 Å². The molecular weight excluding hydrogens is 238 g/mol. The lowest BCUT2D eigenvalue weighted by molar-refractivity contribution is 0.262. The number of rotatable bonds is 7. The van der Waals surface area contributed by atoms with Gasteiger partial charge >= 0.3 is 0 Å². The zero-order valence-electron chi connectivity index (χ0n) is 12.5. The van der Waals surface area contributed by atoms with Gasteiger partial charge in [0, 0.05) is 25.4 Å². The van der Waals surface area contributed by atoms with E-state index in [4.69, 9.17) is 4.42 Å². The summed E-state index contributed by atoms with van der Waals surface area (Å²) in [7, 11) is 1.98. The molecule has 0 amide bonds. The van der Waals surface area contributed by atoms with Crippen molar-refractivity contribution in [3.63, 3.8) is 0 Å². The molecule has 1 atom stereocenters. The molecule has 108 valence electrons. The van der Waals surface area contributed by atoms with Crippen molar-refractivity contribution < 1.29 is 4.42 Å². The summed E-state index contributed by atoms with van der Waals surface area (Å²) in [4.78, 5) is 6.97. The molecule has 4 nitrogen and oxygen atoms in total. The average molecular weight is 265 g/mol. The fourth-order valence-corrected chi connectivity index (χ4v) is 2.74. The van der Waals surface area contributed by atoms with Crippen LogP contribution >= 0.6 is 0 Å². The Bertz CT molecular complexity index is 375. The number of hydrogen-bond acceptors (Lipinski definition) is 4. The third-order valence-corrected chi connectivity index (χ3v) is 3.96. The molecule has 1 aromatic rings. The first-order valence-corrected chi connectivity index (χ1v) is 7.51. The number of aromatic nitrogens is 1. The molecule has 4 heteroatoms. The summed E-state index contributed by atoms with van der Waals surface area (Å²) < 4.78 is 5.83. The quantitative estimate of drug-likeness (QED) is 0.767. The summed E-state index contributed by atoms with van der Waals surface area (Å²) in [6.45, 7) is 7.98. The van der Waals surface area contributed by atoms with Gasteiger partial charge in [-0.15, -0.1) is 0 Å². The molecule has 1 N–H and O–H groups in total. The Morgan fingerprint density at radius 2 is 2.37 bits per heavy atom. The molecule has 2 rings (SSSR count). The van der Waals surface area contributed by atoms with E-state index in [1.54, 1.807) is 0 Å². The molecule has 1 fully saturated rings. The maximum absolute atomic E-state index is 5.83. The van der Waals surface area contributed by atoms with Gasteiger partial charge in [0.05, 0.1) is 6.20 Å². The zero-order valence-corrected chi connectivity index (χ0v) is 12.5. The molecular formula is C15H27N3O. The molecule has 2 heterocycles. The van der Waals surface area contributed by atoms with Crippen molar-refractivity contribution in [3.05, 3.63) is 17.8 Å². The third kappa shape index (κ3) is 4.32. The average Bonchev–Trinajstić information content (AvgIpc) is 3.00. The topological polar surface area (TPSA) is 41.3 Å². The molecule has 0 radical (unpaired) electrons. The second-order valence-corrected chi connectivity index (χ2v) is 5.87. The normalized spacial score (nSPS) is 20.5. The van der Waals surface area contributed by atoms with E-state index in [0.29, 0.717) is 12.0 Å². The smallest absolute Gasteiger partial charge is 0.194 e. The Kier molecular flexibility index (Phi) is 5.40. The first-order chi connectivity index (χ1) is 9.19. The zero-order chi connectivity index (χ0) is 13.7. The predicted octanol–water partition coefficient (Wildman–Crippen LogP) is 2.10. The van der Waals surface area contributed by atoms with E-state index in [9.17, 15) is 0 Å². The minimum Gasteiger partial charge on any atom is -0.446 e. The Morgan fingerprint density at radius 3 is 3.05 bits per heavy atom. The summed E-state index contributed by atoms with van der Waals surface area (Å²) in [6.07, 6.45) is 6.26. The Labute approximate surface area is 116 Å². The highest BCUT2D eigenvalue weighted by Gasteiger charge is 2.25. The highest BCUT2D eigenvalue weighted by Crippen LogP contribution is 2.22. The predicted molar refractivity (Wildman–Crippen MR) is 77.3 cm³/mol. The van der Waals surface area contributed by atoms with E-state index in [-0.39, 0.29) is 0 Å². The molecule has 1 aliphatic heterocycles. The van der Waals surface area contributed by atoms with Crippen LogP contribution in [0.4, 0.5) is 0 Å². The summed E-state index contributed by atoms with van der Waals surface area (Å²) >= 11 is 0. The molecule has 0 bridgehead atoms. The SMILES string of the molecule is CNCCCc1cnc(CC2CCN(C(C)C)C2)o1. The highest BCUT2D eigenvalue weighted by molar-refractivity contribution is 4.96. The summed E-state index contributed by atoms with van der Waals surface area (Å²) in [6, 6.07) is 0.659. The second-order valence-electron chi connectivity index (χ2n) is 5.87. The van der Waals surface area contributed by atoms with Crippen LogP contribution in [0.5, 0.6) is 0 Å². The van der Waals surface area contributed by atoms with Crippen LogP contribution in [0.25, 0.3) is 0 Å². The van der Waals surface area contributed by atoms with E-state index >= 15 is 0 Å². The number of aryl methyl sites for hydroxylation is 1. The maximum Gasteiger partial charge on any atom is 0.194 e. The van der Waals surface area contributed by atoms with Crippen molar-refractivity contribution in [3.8, 4) is 0 Å². The minimum atomic E-state index is 0.659. The first kappa shape index (κ1) is 14.5. The Hall–Kier alpha value is -0.870. The van der Waals surface area contributed by atoms with Gasteiger partial charge in [0.15, 0.2) is 5.89 Å². The van der Waals surface area contributed by atoms with Gasteiger partial charge in [0.2, 0.25) is 0 Å². The van der Waals surface area contributed by atoms with Gasteiger partial charge in [-0.2, -0.15) is 0 Å². The number of nitrogens with one attached hydrogen (secondary N) is 1. The molecule has 0 aliphatic carbocycles. The molecule has 0 aromatic carbocycles. The molecule has 0 spiro atoms. The monoisotopic (exact) mass is 265 g/mol. The fourth-order valence-electron chi connectivity index (χ4n) is 2.74. The van der Waals surface area contributed by atoms with Crippen molar-refractivity contribution in [2.24, 2.45) is 5.92 Å². The van der Waals surface area contributed by atoms with Gasteiger partial charge in [-0.05, 0) is 52.7 Å². The standard InChI is InChI=1S/C15H27N3O/c1-12(2)18-8-6-13(11-18)9-15-17-10-14(19-15)5-4-7-16-3/h10,12-13,16H,4-9,11H2,1-3H3. The van der Waals surface area contributed by atoms with Gasteiger partial charge in [0.25, 0.3) is 0 Å². The van der Waals surface area contributed by atoms with Gasteiger partial charge in [0.1, 0.15) is 5.76 Å². The largest absolute Gasteiger partial charge is 0.446 e. The lowest BCUT2D eigenvalue weighted by atomic mass is 10.1. The van der Waals surface area contributed by atoms with Crippen LogP contribution in [0.2, 0.25) is 0 Å². The van der Waals surface area contributed by atoms with Crippen molar-refractivity contribution >= 4 is 0 Å². The number of nitrogens with zero attached hydrogens (tertiary/aromatic N) is 2. The van der Waals surface area contributed by atoms with Gasteiger partial charge in [-0.1, -0.05) is 0 Å². The van der Waals surface area contributed by atoms with Gasteiger partial charge in [-0.25, -0.2) is 4.98 Å². The van der Waals surface area contributed by atoms with E-state index in [0.717, 1.165) is 37.5 Å². The van der Waals surface area contributed by atoms with Gasteiger partial charge in [-0.3, -0.25) is 0 Å². The third-order valence-electron chi connectivity index (χ3n) is 3.96. The second kappa shape index (κ2) is 7.06. The number of likely N-dealkylation sites (tertiary alicyclic amines) is 1. The van der Waals surface area contributed by atoms with Crippen molar-refractivity contribution in [2.45, 2.75) is 45.6 Å². The Balaban J connectivity index is 1.77. The first-order valence-electron chi connectivity index (χ1n) is 7.51. The highest BCUT2D eigenvalue weighted by atomic mass is 16.4. The van der Waals surface area contributed by atoms with E-state index in [1.165, 1.54) is 19.5 Å². The lowest BCUT2D eigenvalue weighted by Crippen LogP contribution is -2.28. The van der Waals surface area contributed by atoms with Crippen molar-refractivity contribution in [1.82, 2.24) is 15.2 Å². The van der Waals surface area contributed by atoms with E-state index < -0.39 is 0 Å². The minimum absolute atomic E-state index is 0.659. The van der Waals surface area contributed by atoms with E-state index in [2.05, 4.69) is 29.0 Å². The lowest BCUT2D eigenvalue weighted by Gasteiger charge is -2.19. The molecule has 1 saturated heterocycles. The molecule has 0 saturated carbocycles. The van der Waals surface area contributed by atoms with Gasteiger partial charge < -0.3 is 14.6 Å². The number of hydrogen-bond donors (Lipinski definition) is 1. The summed E-state index contributed by atoms with van der Waals surface area (Å²) in [5.74, 6) is 2.67.